The number of anilines is 3. The normalized spacial score (nSPS) is 21.6. The van der Waals surface area contributed by atoms with E-state index in [9.17, 15) is 49.2 Å². The molecule has 0 radical (unpaired) electrons. The number of hydrogen-bond donors (Lipinski definition) is 11. The van der Waals surface area contributed by atoms with E-state index in [4.69, 9.17) is 58.2 Å². The van der Waals surface area contributed by atoms with Crippen molar-refractivity contribution in [2.75, 3.05) is 82.6 Å². The minimum Gasteiger partial charge on any atom is -0.812 e. The molecular formula is C85H133KN19NaO15S3. The number of sulfonamides is 3. The van der Waals surface area contributed by atoms with Crippen molar-refractivity contribution in [1.29, 1.82) is 5.26 Å². The number of carboxylic acid groups (broad SMARTS) is 1. The molecule has 14 N–H and O–H groups in total. The van der Waals surface area contributed by atoms with Crippen molar-refractivity contribution >= 4 is 107 Å². The Hall–Kier alpha value is -6.65. The molecule has 3 saturated carbocycles. The molecule has 124 heavy (non-hydrogen) atoms. The molecule has 3 aliphatic carbocycles. The zero-order chi connectivity index (χ0) is 90.9. The fourth-order valence-electron chi connectivity index (χ4n) is 17.4. The van der Waals surface area contributed by atoms with E-state index in [2.05, 4.69) is 52.5 Å². The average Bonchev–Trinajstić information content (AvgIpc) is 1.62. The van der Waals surface area contributed by atoms with Gasteiger partial charge in [0.25, 0.3) is 11.8 Å². The molecule has 5 heterocycles. The van der Waals surface area contributed by atoms with Gasteiger partial charge in [-0.3, -0.25) is 39.3 Å². The topological polar surface area (TPSA) is 527 Å². The third-order valence-corrected chi connectivity index (χ3v) is 29.0. The van der Waals surface area contributed by atoms with Crippen LogP contribution in [0.4, 0.5) is 21.9 Å². The summed E-state index contributed by atoms with van der Waals surface area (Å²) in [6, 6.07) is 11.0. The van der Waals surface area contributed by atoms with Gasteiger partial charge in [-0.25, -0.2) is 40.8 Å². The number of benzene rings is 3. The Kier molecular flexibility index (Phi) is 48.0. The number of hydrogen-bond acceptors (Lipinski definition) is 22. The maximum absolute atomic E-state index is 13.2. The van der Waals surface area contributed by atoms with E-state index in [1.165, 1.54) is 105 Å². The van der Waals surface area contributed by atoms with Gasteiger partial charge in [-0.15, -0.1) is 4.91 Å². The fourth-order valence-corrected chi connectivity index (χ4v) is 20.9. The van der Waals surface area contributed by atoms with Crippen LogP contribution in [0.1, 0.15) is 232 Å². The van der Waals surface area contributed by atoms with Gasteiger partial charge in [-0.2, -0.15) is 12.9 Å². The monoisotopic (exact) mass is 1820 g/mol. The second kappa shape index (κ2) is 53.3. The van der Waals surface area contributed by atoms with Gasteiger partial charge < -0.3 is 64.9 Å². The number of nitrogens with one attached hydrogen (secondary N) is 6. The molecular weight excluding hydrogens is 1690 g/mol. The number of hydrazine groups is 1. The number of amides is 5. The summed E-state index contributed by atoms with van der Waals surface area (Å²) in [6.45, 7) is 21.6. The van der Waals surface area contributed by atoms with E-state index in [0.717, 1.165) is 124 Å². The quantitative estimate of drug-likeness (QED) is 0.0135. The summed E-state index contributed by atoms with van der Waals surface area (Å²) in [7, 11) is -5.54. The van der Waals surface area contributed by atoms with Gasteiger partial charge in [0.1, 0.15) is 22.7 Å². The number of aliphatic hydroxyl groups excluding tert-OH is 1. The van der Waals surface area contributed by atoms with Crippen molar-refractivity contribution in [2.24, 2.45) is 73.2 Å². The first-order valence-corrected chi connectivity index (χ1v) is 46.9. The minimum atomic E-state index is -3.68. The molecule has 39 heteroatoms. The summed E-state index contributed by atoms with van der Waals surface area (Å²) in [6.07, 6.45) is 28.1. The number of carboxylic acids is 1. The summed E-state index contributed by atoms with van der Waals surface area (Å²) in [5.74, 6) is 3.05. The second-order valence-electron chi connectivity index (χ2n) is 32.9. The molecule has 0 bridgehead atoms. The van der Waals surface area contributed by atoms with E-state index >= 15 is 0 Å². The van der Waals surface area contributed by atoms with Gasteiger partial charge in [0.2, 0.25) is 36.0 Å². The Balaban J connectivity index is 0.000000425. The predicted molar refractivity (Wildman–Crippen MR) is 479 cm³/mol. The molecule has 8 aliphatic rings. The summed E-state index contributed by atoms with van der Waals surface area (Å²) < 4.78 is 81.9. The summed E-state index contributed by atoms with van der Waals surface area (Å²) in [5, 5.41) is 51.8. The Morgan fingerprint density at radius 2 is 0.919 bits per heavy atom. The number of nitroso groups, excluding NO2 is 1. The molecule has 3 aromatic carbocycles. The van der Waals surface area contributed by atoms with E-state index < -0.39 is 64.6 Å². The second-order valence-corrected chi connectivity index (χ2v) is 38.3. The van der Waals surface area contributed by atoms with Crippen LogP contribution in [0, 0.1) is 93.5 Å². The van der Waals surface area contributed by atoms with Crippen molar-refractivity contribution < 1.29 is 145 Å². The molecule has 6 atom stereocenters. The van der Waals surface area contributed by atoms with Gasteiger partial charge in [-0.05, 0) is 248 Å². The Labute approximate surface area is 799 Å². The third-order valence-electron chi connectivity index (χ3n) is 24.3. The van der Waals surface area contributed by atoms with Crippen LogP contribution in [0.25, 0.3) is 23.8 Å². The van der Waals surface area contributed by atoms with Crippen LogP contribution in [0.15, 0.2) is 73.1 Å². The van der Waals surface area contributed by atoms with Gasteiger partial charge in [-0.1, -0.05) is 97.8 Å². The van der Waals surface area contributed by atoms with Crippen molar-refractivity contribution in [2.45, 2.75) is 240 Å². The van der Waals surface area contributed by atoms with Gasteiger partial charge in [0.05, 0.1) is 16.7 Å². The molecule has 678 valence electrons. The van der Waals surface area contributed by atoms with E-state index in [1.807, 2.05) is 79.9 Å². The molecule has 0 aromatic heterocycles. The zero-order valence-corrected chi connectivity index (χ0v) is 83.0. The molecule has 11 rings (SSSR count). The SMILES string of the molecule is CCCC1CCCC(C(=O)O)C1.CCC[C@@H]1CCC[C@H](C2=NC3(CCN(S(=O)(=O)/C=C/c4c(C)cc(N(C)C(N)=O)cc4C)CC3)C(=O)N2)C1.CCC[C@@H]1CCC[C@H](C2=NC3(CCN(S(=O)(=O)/C=C/c4c(C)cc(NC)cc4C)CC3)C(=O)N2)C1.CCO.CNc1cc(C)c(/C=C/S(=O)(=O)N2CCC(N)(C(N)=O)CC2)c(C)c1.N#C[O-].[K+].[N-]=NNNN=O.[Na+]. The summed E-state index contributed by atoms with van der Waals surface area (Å²) >= 11 is 0. The molecule has 34 nitrogen and oxygen atoms in total. The van der Waals surface area contributed by atoms with Crippen LogP contribution in [-0.2, 0) is 49.2 Å². The van der Waals surface area contributed by atoms with Crippen molar-refractivity contribution in [3.63, 3.8) is 0 Å². The predicted octanol–water partition coefficient (Wildman–Crippen LogP) is 4.84. The number of rotatable bonds is 25. The number of aliphatic imine (C=N–C) groups is 2. The van der Waals surface area contributed by atoms with Crippen LogP contribution in [0.5, 0.6) is 0 Å². The van der Waals surface area contributed by atoms with Crippen LogP contribution in [0.2, 0.25) is 0 Å². The number of carbonyl (C=O) groups is 5. The molecule has 2 spiro atoms. The molecule has 5 amide bonds. The third kappa shape index (κ3) is 32.5. The molecule has 5 aliphatic heterocycles. The number of urea groups is 1. The standard InChI is InChI=1S/C28H41N5O4S.C27H40N4O3S.C17H26N4O3S.C10H18O2.C2H6O.CHNO.K.H2N5O.Na/c1-5-7-21-8-6-9-22(18-21)25-30-26(34)28(31-25)11-13-33(14-12-28)38(36,37)15-10-24-19(2)16-23(17-20(24)3)32(4)27(29)35;1-5-7-21-8-6-9-22(18-21)25-29-26(32)27(30-25)11-13-31(14-12-27)35(33,34)15-10-24-19(2)16-23(28-4)17-20(24)3;1-12-10-14(20-3)11-13(2)15(12)4-9-25(23,24)21-7-5-17(19,6-8-21)16(18)22;1-2-4-8-5-3-6-9(7-8)10(11)12;1-2-3;2-1-3;;1-2-3-4-5-6;/h10,15-17,21-22H,5-9,11-14,18H2,1-4H3,(H2,29,35)(H,30,31,34);10,15-17,21-22,28H,5-9,11-14,18H2,1-4H3,(H,29,30,32);4,9-11,20H,5-8,19H2,1-3H3,(H2,18,22);8-9H,2-7H2,1H3,(H,11,12);3H,2H2,1H3;3H;;(H2-,1,2,3,4,5,6);/q;;;;;;+1;-1;+1/p-1/b2*15-10+;9-4+;;;;;;/t2*21-,22+;;;;;;;/m11......./s1. The first-order valence-electron chi connectivity index (χ1n) is 42.4. The summed E-state index contributed by atoms with van der Waals surface area (Å²) in [5.41, 5.74) is 35.4. The van der Waals surface area contributed by atoms with Crippen LogP contribution < -0.4 is 140 Å². The molecule has 3 saturated heterocycles. The number of nitrogens with zero attached hydrogens (tertiary/aromatic N) is 10. The van der Waals surface area contributed by atoms with E-state index in [-0.39, 0.29) is 144 Å². The van der Waals surface area contributed by atoms with Crippen LogP contribution in [0.3, 0.4) is 0 Å². The Morgan fingerprint density at radius 1 is 0.605 bits per heavy atom. The van der Waals surface area contributed by atoms with Gasteiger partial charge in [0.15, 0.2) is 0 Å². The average molecular weight is 1820 g/mol. The van der Waals surface area contributed by atoms with Gasteiger partial charge >= 0.3 is 92.9 Å². The number of aliphatic hydroxyl groups is 1. The Morgan fingerprint density at radius 3 is 1.20 bits per heavy atom. The number of aliphatic carboxylic acids is 1. The smallest absolute Gasteiger partial charge is 0.812 e. The van der Waals surface area contributed by atoms with E-state index in [1.54, 1.807) is 55.4 Å². The zero-order valence-electron chi connectivity index (χ0n) is 75.4. The largest absolute Gasteiger partial charge is 1.00 e. The number of primary amides is 2. The number of aryl methyl sites for hydroxylation is 6. The fraction of sp³-hybridized carbons (Fsp3) is 0.624. The van der Waals surface area contributed by atoms with E-state index in [0.29, 0.717) is 74.4 Å². The first-order chi connectivity index (χ1) is 57.7. The number of nitrogens with two attached hydrogens (primary N) is 3. The molecule has 6 fully saturated rings. The summed E-state index contributed by atoms with van der Waals surface area (Å²) in [4.78, 5) is 79.8. The maximum atomic E-state index is 13.2. The minimum absolute atomic E-state index is 0. The molecule has 2 unspecified atom stereocenters. The Bertz CT molecular complexity index is 4540. The van der Waals surface area contributed by atoms with Crippen LogP contribution >= 0.6 is 0 Å². The number of amidine groups is 2. The van der Waals surface area contributed by atoms with Crippen LogP contribution in [-0.4, -0.2) is 173 Å². The van der Waals surface area contributed by atoms with Crippen molar-refractivity contribution in [3.8, 4) is 6.26 Å². The number of carbonyl (C=O) groups excluding carboxylic acids is 4. The maximum Gasteiger partial charge on any atom is 1.00 e. The van der Waals surface area contributed by atoms with Gasteiger partial charge in [0, 0.05) is 118 Å². The number of nitriles is 1. The first kappa shape index (κ1) is 112. The molecule has 3 aromatic rings. The van der Waals surface area contributed by atoms with Crippen molar-refractivity contribution in [1.82, 2.24) is 34.6 Å². The number of piperidine rings is 3. The van der Waals surface area contributed by atoms with Crippen molar-refractivity contribution in [3.05, 3.63) is 113 Å².